The normalized spacial score (nSPS) is 10.9. The summed E-state index contributed by atoms with van der Waals surface area (Å²) in [6.07, 6.45) is 0.626. The molecule has 3 heteroatoms. The monoisotopic (exact) mass is 307 g/mol. The summed E-state index contributed by atoms with van der Waals surface area (Å²) in [5.41, 5.74) is 4.37. The van der Waals surface area contributed by atoms with Crippen molar-refractivity contribution in [2.24, 2.45) is 0 Å². The molecule has 3 aromatic rings. The number of aromatic hydroxyl groups is 2. The molecule has 3 rings (SSSR count). The Morgan fingerprint density at radius 2 is 1.65 bits per heavy atom. The highest BCUT2D eigenvalue weighted by Gasteiger charge is 2.10. The van der Waals surface area contributed by atoms with E-state index in [0.717, 1.165) is 21.9 Å². The maximum Gasteiger partial charge on any atom is 0.119 e. The summed E-state index contributed by atoms with van der Waals surface area (Å²) in [4.78, 5) is 2.09. The van der Waals surface area contributed by atoms with Crippen molar-refractivity contribution in [3.05, 3.63) is 65.2 Å². The van der Waals surface area contributed by atoms with Crippen molar-refractivity contribution in [3.8, 4) is 11.5 Å². The van der Waals surface area contributed by atoms with Crippen molar-refractivity contribution in [1.82, 2.24) is 0 Å². The minimum absolute atomic E-state index is 0.212. The van der Waals surface area contributed by atoms with E-state index in [1.165, 1.54) is 11.3 Å². The fourth-order valence-electron chi connectivity index (χ4n) is 3.08. The van der Waals surface area contributed by atoms with E-state index in [1.54, 1.807) is 18.2 Å². The predicted molar refractivity (Wildman–Crippen MR) is 95.6 cm³/mol. The number of nitrogens with zero attached hydrogens (tertiary/aromatic N) is 1. The third kappa shape index (κ3) is 2.95. The molecule has 0 unspecified atom stereocenters. The van der Waals surface area contributed by atoms with Gasteiger partial charge in [0.1, 0.15) is 11.5 Å². The maximum absolute atomic E-state index is 10.3. The van der Waals surface area contributed by atoms with Crippen LogP contribution in [0.2, 0.25) is 0 Å². The van der Waals surface area contributed by atoms with E-state index in [9.17, 15) is 10.2 Å². The molecule has 0 aliphatic rings. The minimum Gasteiger partial charge on any atom is -0.508 e. The van der Waals surface area contributed by atoms with Crippen LogP contribution >= 0.6 is 0 Å². The number of aryl methyl sites for hydroxylation is 1. The molecule has 0 bridgehead atoms. The second-order valence-electron chi connectivity index (χ2n) is 6.16. The Bertz CT molecular complexity index is 864. The molecular formula is C20H21NO2. The Morgan fingerprint density at radius 1 is 0.913 bits per heavy atom. The van der Waals surface area contributed by atoms with Crippen molar-refractivity contribution in [3.63, 3.8) is 0 Å². The molecular weight excluding hydrogens is 286 g/mol. The fourth-order valence-corrected chi connectivity index (χ4v) is 3.08. The van der Waals surface area contributed by atoms with Crippen molar-refractivity contribution in [2.75, 3.05) is 19.0 Å². The highest BCUT2D eigenvalue weighted by Crippen LogP contribution is 2.32. The van der Waals surface area contributed by atoms with E-state index in [4.69, 9.17) is 0 Å². The third-order valence-electron chi connectivity index (χ3n) is 4.22. The lowest BCUT2D eigenvalue weighted by molar-refractivity contribution is 0.470. The van der Waals surface area contributed by atoms with Crippen LogP contribution < -0.4 is 4.90 Å². The first-order valence-electron chi connectivity index (χ1n) is 7.66. The van der Waals surface area contributed by atoms with Gasteiger partial charge in [0.25, 0.3) is 0 Å². The quantitative estimate of drug-likeness (QED) is 0.761. The van der Waals surface area contributed by atoms with Crippen molar-refractivity contribution < 1.29 is 10.2 Å². The van der Waals surface area contributed by atoms with Gasteiger partial charge in [-0.25, -0.2) is 0 Å². The zero-order valence-electron chi connectivity index (χ0n) is 13.7. The Hall–Kier alpha value is -2.68. The Morgan fingerprint density at radius 3 is 2.35 bits per heavy atom. The number of anilines is 1. The number of fused-ring (bicyclic) bond motifs is 1. The molecule has 0 heterocycles. The average Bonchev–Trinajstić information content (AvgIpc) is 2.50. The molecule has 0 amide bonds. The van der Waals surface area contributed by atoms with E-state index < -0.39 is 0 Å². The molecule has 0 aliphatic carbocycles. The molecule has 118 valence electrons. The lowest BCUT2D eigenvalue weighted by atomic mass is 9.96. The van der Waals surface area contributed by atoms with Gasteiger partial charge in [0, 0.05) is 31.8 Å². The number of hydrogen-bond donors (Lipinski definition) is 2. The Balaban J connectivity index is 2.06. The molecule has 3 nitrogen and oxygen atoms in total. The Labute approximate surface area is 136 Å². The van der Waals surface area contributed by atoms with Gasteiger partial charge < -0.3 is 15.1 Å². The number of hydrogen-bond acceptors (Lipinski definition) is 3. The Kier molecular flexibility index (Phi) is 3.87. The number of benzene rings is 3. The summed E-state index contributed by atoms with van der Waals surface area (Å²) in [5.74, 6) is 0.473. The summed E-state index contributed by atoms with van der Waals surface area (Å²) in [5, 5.41) is 21.9. The first kappa shape index (κ1) is 15.2. The summed E-state index contributed by atoms with van der Waals surface area (Å²) in [6.45, 7) is 2.09. The largest absolute Gasteiger partial charge is 0.508 e. The fraction of sp³-hybridized carbons (Fsp3) is 0.200. The predicted octanol–water partition coefficient (Wildman–Crippen LogP) is 4.22. The molecule has 0 saturated heterocycles. The van der Waals surface area contributed by atoms with E-state index >= 15 is 0 Å². The van der Waals surface area contributed by atoms with E-state index in [-0.39, 0.29) is 11.5 Å². The van der Waals surface area contributed by atoms with Crippen LogP contribution in [-0.2, 0) is 6.42 Å². The molecule has 0 aliphatic heterocycles. The maximum atomic E-state index is 10.3. The van der Waals surface area contributed by atoms with Crippen molar-refractivity contribution in [2.45, 2.75) is 13.3 Å². The van der Waals surface area contributed by atoms with Crippen LogP contribution in [0.15, 0.2) is 48.5 Å². The number of phenolic OH excluding ortho intramolecular Hbond substituents is 2. The molecule has 0 fully saturated rings. The SMILES string of the molecule is Cc1cc(Cc2c(O)ccc3ccc(O)cc23)ccc1N(C)C. The van der Waals surface area contributed by atoms with Gasteiger partial charge in [-0.05, 0) is 53.1 Å². The molecule has 0 spiro atoms. The standard InChI is InChI=1S/C20H21NO2/c1-13-10-14(4-8-19(13)21(2)3)11-18-17-12-16(22)7-5-15(17)6-9-20(18)23/h4-10,12,22-23H,11H2,1-3H3. The van der Waals surface area contributed by atoms with Crippen LogP contribution in [0.5, 0.6) is 11.5 Å². The highest BCUT2D eigenvalue weighted by molar-refractivity contribution is 5.89. The second kappa shape index (κ2) is 5.84. The molecule has 2 N–H and O–H groups in total. The van der Waals surface area contributed by atoms with Crippen molar-refractivity contribution in [1.29, 1.82) is 0 Å². The van der Waals surface area contributed by atoms with Gasteiger partial charge in [-0.2, -0.15) is 0 Å². The van der Waals surface area contributed by atoms with Crippen molar-refractivity contribution >= 4 is 16.5 Å². The van der Waals surface area contributed by atoms with E-state index in [1.807, 2.05) is 26.2 Å². The molecule has 0 atom stereocenters. The van der Waals surface area contributed by atoms with Gasteiger partial charge in [-0.15, -0.1) is 0 Å². The highest BCUT2D eigenvalue weighted by atomic mass is 16.3. The molecule has 3 aromatic carbocycles. The van der Waals surface area contributed by atoms with Gasteiger partial charge in [0.15, 0.2) is 0 Å². The number of phenols is 2. The summed E-state index contributed by atoms with van der Waals surface area (Å²) >= 11 is 0. The van der Waals surface area contributed by atoms with E-state index in [0.29, 0.717) is 6.42 Å². The first-order valence-corrected chi connectivity index (χ1v) is 7.66. The van der Waals surface area contributed by atoms with Crippen LogP contribution in [0.1, 0.15) is 16.7 Å². The third-order valence-corrected chi connectivity index (χ3v) is 4.22. The van der Waals surface area contributed by atoms with Crippen LogP contribution in [-0.4, -0.2) is 24.3 Å². The molecule has 23 heavy (non-hydrogen) atoms. The topological polar surface area (TPSA) is 43.7 Å². The zero-order valence-corrected chi connectivity index (χ0v) is 13.7. The first-order chi connectivity index (χ1) is 11.0. The van der Waals surface area contributed by atoms with E-state index in [2.05, 4.69) is 30.0 Å². The van der Waals surface area contributed by atoms with Gasteiger partial charge in [0.05, 0.1) is 0 Å². The summed E-state index contributed by atoms with van der Waals surface area (Å²) in [7, 11) is 4.06. The molecule has 0 saturated carbocycles. The second-order valence-corrected chi connectivity index (χ2v) is 6.16. The summed E-state index contributed by atoms with van der Waals surface area (Å²) in [6, 6.07) is 15.2. The summed E-state index contributed by atoms with van der Waals surface area (Å²) < 4.78 is 0. The van der Waals surface area contributed by atoms with Crippen LogP contribution in [0.3, 0.4) is 0 Å². The van der Waals surface area contributed by atoms with Crippen LogP contribution in [0.25, 0.3) is 10.8 Å². The minimum atomic E-state index is 0.212. The average molecular weight is 307 g/mol. The lowest BCUT2D eigenvalue weighted by Crippen LogP contribution is -2.10. The van der Waals surface area contributed by atoms with Gasteiger partial charge in [-0.1, -0.05) is 24.3 Å². The van der Waals surface area contributed by atoms with Gasteiger partial charge in [-0.3, -0.25) is 0 Å². The van der Waals surface area contributed by atoms with Gasteiger partial charge >= 0.3 is 0 Å². The van der Waals surface area contributed by atoms with Gasteiger partial charge in [0.2, 0.25) is 0 Å². The number of rotatable bonds is 3. The zero-order chi connectivity index (χ0) is 16.6. The van der Waals surface area contributed by atoms with Crippen LogP contribution in [0.4, 0.5) is 5.69 Å². The smallest absolute Gasteiger partial charge is 0.119 e. The lowest BCUT2D eigenvalue weighted by Gasteiger charge is -2.17. The molecule has 0 aromatic heterocycles. The molecule has 0 radical (unpaired) electrons. The van der Waals surface area contributed by atoms with Crippen LogP contribution in [0, 0.1) is 6.92 Å².